The molecule has 0 radical (unpaired) electrons. The zero-order chi connectivity index (χ0) is 22.9. The third-order valence-corrected chi connectivity index (χ3v) is 5.56. The third-order valence-electron chi connectivity index (χ3n) is 5.26. The molecule has 0 fully saturated rings. The van der Waals surface area contributed by atoms with Gasteiger partial charge in [0.1, 0.15) is 5.75 Å². The van der Waals surface area contributed by atoms with Crippen LogP contribution in [0.2, 0.25) is 5.02 Å². The van der Waals surface area contributed by atoms with Crippen LogP contribution in [-0.4, -0.2) is 33.1 Å². The molecule has 0 bridgehead atoms. The van der Waals surface area contributed by atoms with Gasteiger partial charge in [-0.05, 0) is 72.5 Å². The fourth-order valence-corrected chi connectivity index (χ4v) is 3.69. The smallest absolute Gasteiger partial charge is 0.223 e. The van der Waals surface area contributed by atoms with Gasteiger partial charge in [0.25, 0.3) is 0 Å². The molecule has 6 nitrogen and oxygen atoms in total. The minimum atomic E-state index is 0.0931. The molecule has 7 heteroatoms. The van der Waals surface area contributed by atoms with Gasteiger partial charge in [-0.15, -0.1) is 0 Å². The van der Waals surface area contributed by atoms with Gasteiger partial charge in [0.15, 0.2) is 0 Å². The second-order valence-corrected chi connectivity index (χ2v) is 8.12. The normalized spacial score (nSPS) is 10.8. The van der Waals surface area contributed by atoms with Crippen LogP contribution in [0.15, 0.2) is 79.3 Å². The van der Waals surface area contributed by atoms with Crippen LogP contribution >= 0.6 is 11.6 Å². The lowest BCUT2D eigenvalue weighted by Crippen LogP contribution is -2.16. The standard InChI is InChI=1S/C26H26ClN5O/c27-23-17-20(4-5-25(23)33)9-14-30-26-31-15-10-24(32-26)22-3-1-2-21(16-22)18-29-13-8-19-6-11-28-12-7-19/h1-7,10-12,15-17,29,33H,8-9,13-14,18H2,(H,30,31,32). The van der Waals surface area contributed by atoms with Crippen molar-refractivity contribution in [2.75, 3.05) is 18.4 Å². The number of phenolic OH excluding ortho intramolecular Hbond substituents is 1. The van der Waals surface area contributed by atoms with E-state index in [0.29, 0.717) is 17.5 Å². The third kappa shape index (κ3) is 6.75. The van der Waals surface area contributed by atoms with Crippen molar-refractivity contribution in [2.45, 2.75) is 19.4 Å². The fraction of sp³-hybridized carbons (Fsp3) is 0.192. The summed E-state index contributed by atoms with van der Waals surface area (Å²) >= 11 is 5.98. The summed E-state index contributed by atoms with van der Waals surface area (Å²) in [5.41, 5.74) is 5.45. The van der Waals surface area contributed by atoms with Gasteiger partial charge in [-0.1, -0.05) is 35.9 Å². The van der Waals surface area contributed by atoms with Crippen LogP contribution in [0, 0.1) is 0 Å². The minimum absolute atomic E-state index is 0.0931. The van der Waals surface area contributed by atoms with E-state index in [9.17, 15) is 5.11 Å². The molecule has 4 rings (SSSR count). The molecule has 0 aliphatic rings. The molecule has 168 valence electrons. The number of halogens is 1. The predicted molar refractivity (Wildman–Crippen MR) is 132 cm³/mol. The summed E-state index contributed by atoms with van der Waals surface area (Å²) in [6.07, 6.45) is 7.13. The first-order valence-electron chi connectivity index (χ1n) is 10.9. The van der Waals surface area contributed by atoms with Gasteiger partial charge in [-0.2, -0.15) is 0 Å². The maximum Gasteiger partial charge on any atom is 0.223 e. The van der Waals surface area contributed by atoms with Crippen LogP contribution < -0.4 is 10.6 Å². The first-order chi connectivity index (χ1) is 16.2. The summed E-state index contributed by atoms with van der Waals surface area (Å²) in [7, 11) is 0. The lowest BCUT2D eigenvalue weighted by Gasteiger charge is -2.09. The number of aromatic hydroxyl groups is 1. The number of nitrogens with one attached hydrogen (secondary N) is 2. The lowest BCUT2D eigenvalue weighted by atomic mass is 10.1. The quantitative estimate of drug-likeness (QED) is 0.293. The summed E-state index contributed by atoms with van der Waals surface area (Å²) in [5, 5.41) is 16.7. The molecule has 0 saturated carbocycles. The van der Waals surface area contributed by atoms with E-state index >= 15 is 0 Å². The van der Waals surface area contributed by atoms with E-state index in [-0.39, 0.29) is 5.75 Å². The van der Waals surface area contributed by atoms with Crippen LogP contribution in [0.4, 0.5) is 5.95 Å². The molecule has 0 amide bonds. The van der Waals surface area contributed by atoms with Crippen molar-refractivity contribution in [3.8, 4) is 17.0 Å². The van der Waals surface area contributed by atoms with Gasteiger partial charge in [0.05, 0.1) is 10.7 Å². The molecule has 0 aliphatic carbocycles. The molecule has 4 aromatic rings. The summed E-state index contributed by atoms with van der Waals surface area (Å²) in [5.74, 6) is 0.675. The number of nitrogens with zero attached hydrogens (tertiary/aromatic N) is 3. The summed E-state index contributed by atoms with van der Waals surface area (Å²) in [6.45, 7) is 2.36. The summed E-state index contributed by atoms with van der Waals surface area (Å²) in [6, 6.07) is 19.6. The van der Waals surface area contributed by atoms with Crippen molar-refractivity contribution < 1.29 is 5.11 Å². The molecule has 2 aromatic heterocycles. The number of aromatic nitrogens is 3. The Morgan fingerprint density at radius 3 is 2.52 bits per heavy atom. The highest BCUT2D eigenvalue weighted by Gasteiger charge is 2.05. The highest BCUT2D eigenvalue weighted by atomic mass is 35.5. The number of hydrogen-bond donors (Lipinski definition) is 3. The Morgan fingerprint density at radius 1 is 0.818 bits per heavy atom. The van der Waals surface area contributed by atoms with Crippen LogP contribution in [0.1, 0.15) is 16.7 Å². The van der Waals surface area contributed by atoms with Crippen LogP contribution in [0.5, 0.6) is 5.75 Å². The van der Waals surface area contributed by atoms with Gasteiger partial charge < -0.3 is 15.7 Å². The maximum atomic E-state index is 9.54. The summed E-state index contributed by atoms with van der Waals surface area (Å²) < 4.78 is 0. The Kier molecular flexibility index (Phi) is 7.85. The molecule has 0 unspecified atom stereocenters. The van der Waals surface area contributed by atoms with Gasteiger partial charge >= 0.3 is 0 Å². The second-order valence-electron chi connectivity index (χ2n) is 7.71. The SMILES string of the molecule is Oc1ccc(CCNc2nccc(-c3cccc(CNCCc4ccncc4)c3)n2)cc1Cl. The Morgan fingerprint density at radius 2 is 1.67 bits per heavy atom. The van der Waals surface area contributed by atoms with Gasteiger partial charge in [0, 0.05) is 37.2 Å². The minimum Gasteiger partial charge on any atom is -0.506 e. The van der Waals surface area contributed by atoms with Crippen LogP contribution in [0.3, 0.4) is 0 Å². The Balaban J connectivity index is 1.31. The monoisotopic (exact) mass is 459 g/mol. The molecule has 0 spiro atoms. The number of hydrogen-bond acceptors (Lipinski definition) is 6. The topological polar surface area (TPSA) is 83.0 Å². The zero-order valence-corrected chi connectivity index (χ0v) is 19.0. The van der Waals surface area contributed by atoms with E-state index in [2.05, 4.69) is 49.9 Å². The molecular formula is C26H26ClN5O. The fourth-order valence-electron chi connectivity index (χ4n) is 3.48. The number of pyridine rings is 1. The van der Waals surface area contributed by atoms with Crippen molar-refractivity contribution in [3.63, 3.8) is 0 Å². The van der Waals surface area contributed by atoms with E-state index < -0.39 is 0 Å². The van der Waals surface area contributed by atoms with E-state index in [1.165, 1.54) is 11.1 Å². The van der Waals surface area contributed by atoms with E-state index in [4.69, 9.17) is 11.6 Å². The number of anilines is 1. The number of rotatable bonds is 10. The highest BCUT2D eigenvalue weighted by Crippen LogP contribution is 2.24. The maximum absolute atomic E-state index is 9.54. The zero-order valence-electron chi connectivity index (χ0n) is 18.2. The Bertz CT molecular complexity index is 1190. The predicted octanol–water partition coefficient (Wildman–Crippen LogP) is 4.88. The van der Waals surface area contributed by atoms with Crippen molar-refractivity contribution in [1.29, 1.82) is 0 Å². The van der Waals surface area contributed by atoms with Crippen LogP contribution in [-0.2, 0) is 19.4 Å². The summed E-state index contributed by atoms with van der Waals surface area (Å²) in [4.78, 5) is 13.1. The van der Waals surface area contributed by atoms with Crippen molar-refractivity contribution in [1.82, 2.24) is 20.3 Å². The number of phenols is 1. The van der Waals surface area contributed by atoms with Crippen LogP contribution in [0.25, 0.3) is 11.3 Å². The molecule has 3 N–H and O–H groups in total. The van der Waals surface area contributed by atoms with Crippen molar-refractivity contribution >= 4 is 17.5 Å². The van der Waals surface area contributed by atoms with Gasteiger partial charge in [0.2, 0.25) is 5.95 Å². The molecule has 2 heterocycles. The number of benzene rings is 2. The average Bonchev–Trinajstić information content (AvgIpc) is 2.85. The lowest BCUT2D eigenvalue weighted by molar-refractivity contribution is 0.475. The van der Waals surface area contributed by atoms with E-state index in [1.807, 2.05) is 36.7 Å². The van der Waals surface area contributed by atoms with Gasteiger partial charge in [-0.25, -0.2) is 9.97 Å². The molecule has 33 heavy (non-hydrogen) atoms. The molecular weight excluding hydrogens is 434 g/mol. The first kappa shape index (κ1) is 22.7. The Hall–Kier alpha value is -3.48. The molecule has 2 aromatic carbocycles. The first-order valence-corrected chi connectivity index (χ1v) is 11.3. The molecule has 0 aliphatic heterocycles. The average molecular weight is 460 g/mol. The second kappa shape index (κ2) is 11.4. The van der Waals surface area contributed by atoms with Gasteiger partial charge in [-0.3, -0.25) is 4.98 Å². The Labute approximate surface area is 198 Å². The van der Waals surface area contributed by atoms with E-state index in [0.717, 1.165) is 42.8 Å². The molecule has 0 saturated heterocycles. The highest BCUT2D eigenvalue weighted by molar-refractivity contribution is 6.32. The molecule has 0 atom stereocenters. The largest absolute Gasteiger partial charge is 0.506 e. The van der Waals surface area contributed by atoms with E-state index in [1.54, 1.807) is 18.3 Å². The van der Waals surface area contributed by atoms with Crippen molar-refractivity contribution in [3.05, 3.63) is 101 Å². The van der Waals surface area contributed by atoms with Crippen molar-refractivity contribution in [2.24, 2.45) is 0 Å².